The number of pyridine rings is 1. The summed E-state index contributed by atoms with van der Waals surface area (Å²) in [5, 5.41) is 9.04. The number of nitrogens with zero attached hydrogens (tertiary/aromatic N) is 1. The van der Waals surface area contributed by atoms with Crippen molar-refractivity contribution in [2.75, 3.05) is 18.4 Å². The van der Waals surface area contributed by atoms with E-state index in [9.17, 15) is 9.59 Å². The van der Waals surface area contributed by atoms with Gasteiger partial charge < -0.3 is 16.0 Å². The zero-order chi connectivity index (χ0) is 16.8. The van der Waals surface area contributed by atoms with Gasteiger partial charge in [-0.25, -0.2) is 4.98 Å². The number of rotatable bonds is 8. The molecule has 2 aliphatic rings. The van der Waals surface area contributed by atoms with E-state index < -0.39 is 0 Å². The van der Waals surface area contributed by atoms with Gasteiger partial charge >= 0.3 is 0 Å². The molecule has 1 aromatic heterocycles. The van der Waals surface area contributed by atoms with E-state index in [1.165, 1.54) is 25.7 Å². The van der Waals surface area contributed by atoms with Crippen LogP contribution in [0, 0.1) is 5.92 Å². The van der Waals surface area contributed by atoms with Gasteiger partial charge in [-0.2, -0.15) is 0 Å². The fourth-order valence-electron chi connectivity index (χ4n) is 3.07. The van der Waals surface area contributed by atoms with Gasteiger partial charge in [0.1, 0.15) is 5.82 Å². The number of nitrogens with one attached hydrogen (secondary N) is 3. The van der Waals surface area contributed by atoms with Crippen molar-refractivity contribution >= 4 is 17.6 Å². The summed E-state index contributed by atoms with van der Waals surface area (Å²) in [6.07, 6.45) is 9.30. The van der Waals surface area contributed by atoms with Crippen LogP contribution in [0.4, 0.5) is 5.82 Å². The SMILES string of the molecule is O=C(CC1CCCC1)NCCNc1ccc(C(=O)NC2CC2)cn1. The van der Waals surface area contributed by atoms with Gasteiger partial charge in [-0.3, -0.25) is 9.59 Å². The van der Waals surface area contributed by atoms with Crippen molar-refractivity contribution in [3.8, 4) is 0 Å². The van der Waals surface area contributed by atoms with E-state index in [4.69, 9.17) is 0 Å². The largest absolute Gasteiger partial charge is 0.368 e. The molecule has 1 heterocycles. The van der Waals surface area contributed by atoms with E-state index >= 15 is 0 Å². The zero-order valence-electron chi connectivity index (χ0n) is 14.0. The van der Waals surface area contributed by atoms with Crippen LogP contribution in [-0.4, -0.2) is 35.9 Å². The number of amides is 2. The van der Waals surface area contributed by atoms with Crippen molar-refractivity contribution in [3.63, 3.8) is 0 Å². The molecule has 0 aromatic carbocycles. The zero-order valence-corrected chi connectivity index (χ0v) is 14.0. The second-order valence-electron chi connectivity index (χ2n) is 6.81. The summed E-state index contributed by atoms with van der Waals surface area (Å²) >= 11 is 0. The molecule has 0 aliphatic heterocycles. The highest BCUT2D eigenvalue weighted by Gasteiger charge is 2.23. The molecule has 6 nitrogen and oxygen atoms in total. The Bertz CT molecular complexity index is 563. The Kier molecular flexibility index (Phi) is 5.67. The first-order chi connectivity index (χ1) is 11.7. The molecule has 6 heteroatoms. The molecule has 0 spiro atoms. The summed E-state index contributed by atoms with van der Waals surface area (Å²) < 4.78 is 0. The lowest BCUT2D eigenvalue weighted by molar-refractivity contribution is -0.121. The van der Waals surface area contributed by atoms with E-state index in [0.29, 0.717) is 42.9 Å². The molecule has 2 amide bonds. The Morgan fingerprint density at radius 2 is 1.88 bits per heavy atom. The third-order valence-electron chi connectivity index (χ3n) is 4.64. The molecule has 0 radical (unpaired) electrons. The Labute approximate surface area is 142 Å². The van der Waals surface area contributed by atoms with Crippen LogP contribution in [0.25, 0.3) is 0 Å². The molecular formula is C18H26N4O2. The molecule has 0 unspecified atom stereocenters. The van der Waals surface area contributed by atoms with E-state index in [1.54, 1.807) is 18.3 Å². The van der Waals surface area contributed by atoms with E-state index in [-0.39, 0.29) is 11.8 Å². The molecule has 3 rings (SSSR count). The molecule has 1 aromatic rings. The Morgan fingerprint density at radius 3 is 2.54 bits per heavy atom. The summed E-state index contributed by atoms with van der Waals surface area (Å²) in [5.74, 6) is 1.37. The minimum atomic E-state index is -0.0595. The van der Waals surface area contributed by atoms with Crippen molar-refractivity contribution in [3.05, 3.63) is 23.9 Å². The number of anilines is 1. The molecule has 2 fully saturated rings. The number of carbonyl (C=O) groups excluding carboxylic acids is 2. The van der Waals surface area contributed by atoms with Gasteiger partial charge in [0.25, 0.3) is 5.91 Å². The molecule has 0 atom stereocenters. The second kappa shape index (κ2) is 8.13. The fourth-order valence-corrected chi connectivity index (χ4v) is 3.07. The summed E-state index contributed by atoms with van der Waals surface area (Å²) in [7, 11) is 0. The number of hydrogen-bond acceptors (Lipinski definition) is 4. The molecule has 24 heavy (non-hydrogen) atoms. The lowest BCUT2D eigenvalue weighted by Crippen LogP contribution is -2.30. The van der Waals surface area contributed by atoms with Gasteiger partial charge in [0.15, 0.2) is 0 Å². The Hall–Kier alpha value is -2.11. The molecule has 3 N–H and O–H groups in total. The van der Waals surface area contributed by atoms with Crippen LogP contribution in [-0.2, 0) is 4.79 Å². The summed E-state index contributed by atoms with van der Waals surface area (Å²) in [6.45, 7) is 1.20. The van der Waals surface area contributed by atoms with E-state index in [2.05, 4.69) is 20.9 Å². The van der Waals surface area contributed by atoms with Gasteiger partial charge in [-0.05, 0) is 43.7 Å². The average molecular weight is 330 g/mol. The van der Waals surface area contributed by atoms with Crippen LogP contribution in [0.5, 0.6) is 0 Å². The van der Waals surface area contributed by atoms with Crippen molar-refractivity contribution in [2.45, 2.75) is 51.0 Å². The van der Waals surface area contributed by atoms with Crippen molar-refractivity contribution < 1.29 is 9.59 Å². The van der Waals surface area contributed by atoms with Crippen LogP contribution in [0.3, 0.4) is 0 Å². The van der Waals surface area contributed by atoms with E-state index in [1.807, 2.05) is 0 Å². The predicted octanol–water partition coefficient (Wildman–Crippen LogP) is 2.08. The average Bonchev–Trinajstić information content (AvgIpc) is 3.25. The molecular weight excluding hydrogens is 304 g/mol. The van der Waals surface area contributed by atoms with Gasteiger partial charge in [0.05, 0.1) is 5.56 Å². The van der Waals surface area contributed by atoms with Gasteiger partial charge in [0, 0.05) is 31.7 Å². The van der Waals surface area contributed by atoms with Crippen LogP contribution >= 0.6 is 0 Å². The topological polar surface area (TPSA) is 83.1 Å². The summed E-state index contributed by atoms with van der Waals surface area (Å²) in [4.78, 5) is 27.9. The Balaban J connectivity index is 1.32. The Morgan fingerprint density at radius 1 is 1.08 bits per heavy atom. The van der Waals surface area contributed by atoms with Crippen molar-refractivity contribution in [1.82, 2.24) is 15.6 Å². The van der Waals surface area contributed by atoms with Crippen LogP contribution < -0.4 is 16.0 Å². The third kappa shape index (κ3) is 5.22. The first-order valence-corrected chi connectivity index (χ1v) is 8.98. The van der Waals surface area contributed by atoms with Gasteiger partial charge in [0.2, 0.25) is 5.91 Å². The minimum Gasteiger partial charge on any atom is -0.368 e. The minimum absolute atomic E-state index is 0.0595. The number of carbonyl (C=O) groups is 2. The number of hydrogen-bond donors (Lipinski definition) is 3. The molecule has 0 saturated heterocycles. The standard InChI is InChI=1S/C18H26N4O2/c23-17(11-13-3-1-2-4-13)20-10-9-19-16-8-5-14(12-21-16)18(24)22-15-6-7-15/h5,8,12-13,15H,1-4,6-7,9-11H2,(H,19,21)(H,20,23)(H,22,24). The normalized spacial score (nSPS) is 17.5. The fraction of sp³-hybridized carbons (Fsp3) is 0.611. The van der Waals surface area contributed by atoms with Crippen LogP contribution in [0.1, 0.15) is 55.3 Å². The third-order valence-corrected chi connectivity index (χ3v) is 4.64. The maximum atomic E-state index is 11.9. The van der Waals surface area contributed by atoms with Crippen LogP contribution in [0.2, 0.25) is 0 Å². The molecule has 0 bridgehead atoms. The predicted molar refractivity (Wildman–Crippen MR) is 92.8 cm³/mol. The lowest BCUT2D eigenvalue weighted by Gasteiger charge is -2.10. The van der Waals surface area contributed by atoms with Gasteiger partial charge in [-0.15, -0.1) is 0 Å². The van der Waals surface area contributed by atoms with E-state index in [0.717, 1.165) is 12.8 Å². The smallest absolute Gasteiger partial charge is 0.253 e. The highest BCUT2D eigenvalue weighted by atomic mass is 16.2. The number of aromatic nitrogens is 1. The lowest BCUT2D eigenvalue weighted by atomic mass is 10.0. The maximum absolute atomic E-state index is 11.9. The quantitative estimate of drug-likeness (QED) is 0.637. The van der Waals surface area contributed by atoms with Crippen molar-refractivity contribution in [2.24, 2.45) is 5.92 Å². The molecule has 2 saturated carbocycles. The highest BCUT2D eigenvalue weighted by molar-refractivity contribution is 5.94. The first-order valence-electron chi connectivity index (χ1n) is 8.98. The summed E-state index contributed by atoms with van der Waals surface area (Å²) in [5.41, 5.74) is 0.581. The monoisotopic (exact) mass is 330 g/mol. The summed E-state index contributed by atoms with van der Waals surface area (Å²) in [6, 6.07) is 3.91. The highest BCUT2D eigenvalue weighted by Crippen LogP contribution is 2.27. The first kappa shape index (κ1) is 16.7. The van der Waals surface area contributed by atoms with Crippen LogP contribution in [0.15, 0.2) is 18.3 Å². The maximum Gasteiger partial charge on any atom is 0.253 e. The van der Waals surface area contributed by atoms with Gasteiger partial charge in [-0.1, -0.05) is 12.8 Å². The second-order valence-corrected chi connectivity index (χ2v) is 6.81. The molecule has 2 aliphatic carbocycles. The molecule has 130 valence electrons. The van der Waals surface area contributed by atoms with Crippen molar-refractivity contribution in [1.29, 1.82) is 0 Å².